The van der Waals surface area contributed by atoms with Gasteiger partial charge in [0.15, 0.2) is 0 Å². The standard InChI is InChI=1S/C20H23N3O3/c24-19(13-22-25)17-9-10-20(21-12-17)26-15-18-8-4-5-11-23(18)14-16-6-2-1-3-7-16/h1-3,6-7,9-10,12-13,18,25H,4-5,8,11,14-15H2/b22-13+. The average molecular weight is 353 g/mol. The van der Waals surface area contributed by atoms with Gasteiger partial charge in [0.1, 0.15) is 12.8 Å². The number of oxime groups is 1. The van der Waals surface area contributed by atoms with E-state index in [1.807, 2.05) is 6.07 Å². The van der Waals surface area contributed by atoms with Gasteiger partial charge in [-0.3, -0.25) is 9.69 Å². The zero-order chi connectivity index (χ0) is 18.2. The minimum Gasteiger partial charge on any atom is -0.476 e. The highest BCUT2D eigenvalue weighted by Gasteiger charge is 2.23. The number of hydrogen-bond acceptors (Lipinski definition) is 6. The molecule has 1 aliphatic rings. The topological polar surface area (TPSA) is 75.0 Å². The van der Waals surface area contributed by atoms with Gasteiger partial charge in [0.25, 0.3) is 0 Å². The normalized spacial score (nSPS) is 18.1. The average Bonchev–Trinajstić information content (AvgIpc) is 2.69. The molecule has 2 heterocycles. The zero-order valence-electron chi connectivity index (χ0n) is 14.6. The van der Waals surface area contributed by atoms with Crippen LogP contribution < -0.4 is 4.74 Å². The summed E-state index contributed by atoms with van der Waals surface area (Å²) in [6.45, 7) is 2.58. The van der Waals surface area contributed by atoms with Gasteiger partial charge in [0, 0.05) is 30.4 Å². The molecule has 1 aliphatic heterocycles. The fraction of sp³-hybridized carbons (Fsp3) is 0.350. The van der Waals surface area contributed by atoms with Gasteiger partial charge in [0.05, 0.1) is 0 Å². The summed E-state index contributed by atoms with van der Waals surface area (Å²) in [6.07, 6.45) is 5.81. The number of piperidine rings is 1. The molecular formula is C20H23N3O3. The van der Waals surface area contributed by atoms with E-state index in [1.165, 1.54) is 24.6 Å². The summed E-state index contributed by atoms with van der Waals surface area (Å²) >= 11 is 0. The lowest BCUT2D eigenvalue weighted by molar-refractivity contribution is 0.0914. The third kappa shape index (κ3) is 4.89. The highest BCUT2D eigenvalue weighted by Crippen LogP contribution is 2.20. The summed E-state index contributed by atoms with van der Waals surface area (Å²) in [4.78, 5) is 18.2. The van der Waals surface area contributed by atoms with Crippen LogP contribution in [0.3, 0.4) is 0 Å². The third-order valence-corrected chi connectivity index (χ3v) is 4.60. The van der Waals surface area contributed by atoms with Crippen molar-refractivity contribution in [2.75, 3.05) is 13.2 Å². The minimum atomic E-state index is -0.395. The summed E-state index contributed by atoms with van der Waals surface area (Å²) in [6, 6.07) is 14.1. The molecule has 0 amide bonds. The van der Waals surface area contributed by atoms with Crippen LogP contribution in [0.25, 0.3) is 0 Å². The van der Waals surface area contributed by atoms with Crippen molar-refractivity contribution in [1.82, 2.24) is 9.88 Å². The molecule has 1 saturated heterocycles. The Hall–Kier alpha value is -2.73. The Labute approximate surface area is 153 Å². The van der Waals surface area contributed by atoms with E-state index in [0.717, 1.165) is 25.7 Å². The zero-order valence-corrected chi connectivity index (χ0v) is 14.6. The molecule has 1 aromatic heterocycles. The van der Waals surface area contributed by atoms with Gasteiger partial charge in [-0.2, -0.15) is 0 Å². The maximum Gasteiger partial charge on any atom is 0.213 e. The van der Waals surface area contributed by atoms with Gasteiger partial charge in [-0.1, -0.05) is 41.9 Å². The lowest BCUT2D eigenvalue weighted by atomic mass is 10.0. The number of rotatable bonds is 7. The van der Waals surface area contributed by atoms with E-state index in [2.05, 4.69) is 39.3 Å². The maximum atomic E-state index is 11.6. The number of carbonyl (C=O) groups excluding carboxylic acids is 1. The second-order valence-corrected chi connectivity index (χ2v) is 6.41. The molecular weight excluding hydrogens is 330 g/mol. The fourth-order valence-corrected chi connectivity index (χ4v) is 3.19. The minimum absolute atomic E-state index is 0.355. The van der Waals surface area contributed by atoms with Gasteiger partial charge < -0.3 is 9.94 Å². The molecule has 0 saturated carbocycles. The van der Waals surface area contributed by atoms with Gasteiger partial charge in [0.2, 0.25) is 11.7 Å². The molecule has 1 N–H and O–H groups in total. The summed E-state index contributed by atoms with van der Waals surface area (Å²) in [5.41, 5.74) is 1.67. The van der Waals surface area contributed by atoms with E-state index in [9.17, 15) is 4.79 Å². The molecule has 136 valence electrons. The first kappa shape index (κ1) is 18.1. The van der Waals surface area contributed by atoms with Crippen LogP contribution in [-0.4, -0.2) is 46.3 Å². The number of Topliss-reactive ketones (excluding diaryl/α,β-unsaturated/α-hetero) is 1. The van der Waals surface area contributed by atoms with E-state index in [-0.39, 0.29) is 0 Å². The van der Waals surface area contributed by atoms with Crippen LogP contribution in [0.2, 0.25) is 0 Å². The van der Waals surface area contributed by atoms with E-state index < -0.39 is 5.78 Å². The summed E-state index contributed by atoms with van der Waals surface area (Å²) < 4.78 is 5.86. The Kier molecular flexibility index (Phi) is 6.33. The number of carbonyl (C=O) groups is 1. The number of benzene rings is 1. The molecule has 0 spiro atoms. The molecule has 6 nitrogen and oxygen atoms in total. The summed E-state index contributed by atoms with van der Waals surface area (Å²) in [7, 11) is 0. The van der Waals surface area contributed by atoms with Crippen LogP contribution in [0.5, 0.6) is 5.88 Å². The smallest absolute Gasteiger partial charge is 0.213 e. The van der Waals surface area contributed by atoms with E-state index in [1.54, 1.807) is 12.1 Å². The van der Waals surface area contributed by atoms with Gasteiger partial charge >= 0.3 is 0 Å². The van der Waals surface area contributed by atoms with Crippen molar-refractivity contribution in [2.24, 2.45) is 5.16 Å². The Morgan fingerprint density at radius 1 is 1.27 bits per heavy atom. The first-order valence-corrected chi connectivity index (χ1v) is 8.85. The lowest BCUT2D eigenvalue weighted by Crippen LogP contribution is -2.42. The number of hydrogen-bond donors (Lipinski definition) is 1. The van der Waals surface area contributed by atoms with Crippen LogP contribution in [0.4, 0.5) is 0 Å². The molecule has 2 aromatic rings. The second kappa shape index (κ2) is 9.10. The van der Waals surface area contributed by atoms with Crippen LogP contribution in [-0.2, 0) is 6.54 Å². The molecule has 1 fully saturated rings. The number of pyridine rings is 1. The van der Waals surface area contributed by atoms with E-state index in [4.69, 9.17) is 9.94 Å². The largest absolute Gasteiger partial charge is 0.476 e. The van der Waals surface area contributed by atoms with Crippen LogP contribution in [0.15, 0.2) is 53.8 Å². The predicted molar refractivity (Wildman–Crippen MR) is 98.8 cm³/mol. The fourth-order valence-electron chi connectivity index (χ4n) is 3.19. The van der Waals surface area contributed by atoms with Gasteiger partial charge in [-0.25, -0.2) is 4.98 Å². The van der Waals surface area contributed by atoms with Crippen molar-refractivity contribution in [2.45, 2.75) is 31.8 Å². The SMILES string of the molecule is O=C(/C=N/O)c1ccc(OCC2CCCCN2Cc2ccccc2)nc1. The highest BCUT2D eigenvalue weighted by molar-refractivity contribution is 6.35. The Morgan fingerprint density at radius 2 is 2.12 bits per heavy atom. The van der Waals surface area contributed by atoms with Crippen molar-refractivity contribution in [3.63, 3.8) is 0 Å². The molecule has 0 aliphatic carbocycles. The van der Waals surface area contributed by atoms with Crippen molar-refractivity contribution >= 4 is 12.0 Å². The lowest BCUT2D eigenvalue weighted by Gasteiger charge is -2.35. The highest BCUT2D eigenvalue weighted by atomic mass is 16.5. The number of aromatic nitrogens is 1. The van der Waals surface area contributed by atoms with Gasteiger partial charge in [-0.15, -0.1) is 0 Å². The first-order chi connectivity index (χ1) is 12.8. The molecule has 0 radical (unpaired) electrons. The molecule has 3 rings (SSSR count). The van der Waals surface area contributed by atoms with Crippen LogP contribution in [0, 0.1) is 0 Å². The molecule has 1 aromatic carbocycles. The quantitative estimate of drug-likeness (QED) is 0.358. The predicted octanol–water partition coefficient (Wildman–Crippen LogP) is 3.16. The number of nitrogens with zero attached hydrogens (tertiary/aromatic N) is 3. The first-order valence-electron chi connectivity index (χ1n) is 8.85. The Balaban J connectivity index is 1.57. The van der Waals surface area contributed by atoms with Crippen LogP contribution >= 0.6 is 0 Å². The maximum absolute atomic E-state index is 11.6. The number of ketones is 1. The Bertz CT molecular complexity index is 732. The number of likely N-dealkylation sites (tertiary alicyclic amines) is 1. The number of ether oxygens (including phenoxy) is 1. The molecule has 0 bridgehead atoms. The molecule has 6 heteroatoms. The molecule has 1 unspecified atom stereocenters. The third-order valence-electron chi connectivity index (χ3n) is 4.60. The van der Waals surface area contributed by atoms with Gasteiger partial charge in [-0.05, 0) is 31.0 Å². The van der Waals surface area contributed by atoms with Crippen molar-refractivity contribution in [3.8, 4) is 5.88 Å². The van der Waals surface area contributed by atoms with Crippen molar-refractivity contribution in [3.05, 3.63) is 59.8 Å². The van der Waals surface area contributed by atoms with Crippen molar-refractivity contribution in [1.29, 1.82) is 0 Å². The van der Waals surface area contributed by atoms with E-state index >= 15 is 0 Å². The van der Waals surface area contributed by atoms with Crippen LogP contribution in [0.1, 0.15) is 35.2 Å². The second-order valence-electron chi connectivity index (χ2n) is 6.41. The van der Waals surface area contributed by atoms with E-state index in [0.29, 0.717) is 24.1 Å². The molecule has 1 atom stereocenters. The summed E-state index contributed by atoms with van der Waals surface area (Å²) in [5.74, 6) is 0.0978. The Morgan fingerprint density at radius 3 is 2.85 bits per heavy atom. The van der Waals surface area contributed by atoms with Crippen molar-refractivity contribution < 1.29 is 14.7 Å². The monoisotopic (exact) mass is 353 g/mol. The molecule has 26 heavy (non-hydrogen) atoms. The summed E-state index contributed by atoms with van der Waals surface area (Å²) in [5, 5.41) is 11.1.